The van der Waals surface area contributed by atoms with Crippen molar-refractivity contribution < 1.29 is 0 Å². The molecule has 4 heteroatoms. The fraction of sp³-hybridized carbons (Fsp3) is 0. The van der Waals surface area contributed by atoms with Crippen molar-refractivity contribution in [2.75, 3.05) is 0 Å². The second kappa shape index (κ2) is 8.31. The van der Waals surface area contributed by atoms with Gasteiger partial charge in [0.2, 0.25) is 0 Å². The molecule has 0 bridgehead atoms. The Hall–Kier alpha value is -4.38. The minimum atomic E-state index is 1.14. The van der Waals surface area contributed by atoms with Gasteiger partial charge in [-0.15, -0.1) is 11.3 Å². The maximum Gasteiger partial charge on any atom is 0.0788 e. The van der Waals surface area contributed by atoms with Gasteiger partial charge in [0.1, 0.15) is 0 Å². The fourth-order valence-corrected chi connectivity index (χ4v) is 8.35. The average Bonchev–Trinajstić information content (AvgIpc) is 3.65. The summed E-state index contributed by atoms with van der Waals surface area (Å²) in [6.45, 7) is 0. The van der Waals surface area contributed by atoms with Crippen LogP contribution in [0.1, 0.15) is 0 Å². The van der Waals surface area contributed by atoms with Crippen molar-refractivity contribution in [1.82, 2.24) is 9.13 Å². The molecule has 2 nitrogen and oxygen atoms in total. The van der Waals surface area contributed by atoms with Gasteiger partial charge in [-0.1, -0.05) is 88.7 Å². The molecule has 0 unspecified atom stereocenters. The van der Waals surface area contributed by atoms with Crippen molar-refractivity contribution in [3.8, 4) is 11.4 Å². The molecule has 9 rings (SSSR count). The van der Waals surface area contributed by atoms with E-state index in [4.69, 9.17) is 0 Å². The summed E-state index contributed by atoms with van der Waals surface area (Å²) in [6, 6.07) is 46.4. The van der Waals surface area contributed by atoms with Crippen molar-refractivity contribution in [2.45, 2.75) is 0 Å². The van der Waals surface area contributed by atoms with Crippen LogP contribution in [-0.2, 0) is 0 Å². The number of rotatable bonds is 2. The average molecular weight is 594 g/mol. The first-order valence-electron chi connectivity index (χ1n) is 13.4. The van der Waals surface area contributed by atoms with Crippen molar-refractivity contribution in [3.05, 3.63) is 132 Å². The smallest absolute Gasteiger partial charge is 0.0788 e. The van der Waals surface area contributed by atoms with Crippen molar-refractivity contribution >= 4 is 91.1 Å². The summed E-state index contributed by atoms with van der Waals surface area (Å²) in [5.74, 6) is 0. The van der Waals surface area contributed by atoms with Crippen LogP contribution in [0.15, 0.2) is 132 Å². The highest BCUT2D eigenvalue weighted by atomic mass is 79.9. The monoisotopic (exact) mass is 592 g/mol. The summed E-state index contributed by atoms with van der Waals surface area (Å²) in [5.41, 5.74) is 7.24. The van der Waals surface area contributed by atoms with E-state index in [1.807, 2.05) is 11.3 Å². The first-order chi connectivity index (χ1) is 19.8. The summed E-state index contributed by atoms with van der Waals surface area (Å²) in [6.07, 6.45) is 0. The lowest BCUT2D eigenvalue weighted by molar-refractivity contribution is 1.15. The van der Waals surface area contributed by atoms with E-state index in [-0.39, 0.29) is 0 Å². The molecule has 0 spiro atoms. The normalized spacial score (nSPS) is 12.1. The van der Waals surface area contributed by atoms with Crippen LogP contribution >= 0.6 is 27.3 Å². The Balaban J connectivity index is 1.51. The summed E-state index contributed by atoms with van der Waals surface area (Å²) in [5, 5.41) is 7.63. The van der Waals surface area contributed by atoms with Crippen molar-refractivity contribution in [1.29, 1.82) is 0 Å². The van der Waals surface area contributed by atoms with Crippen LogP contribution < -0.4 is 0 Å². The standard InChI is InChI=1S/C36H21BrN2S/c37-29-13-8-16-33-34(29)28-21-23(17-20-32(28)40-33)39-31-15-7-5-12-25(31)27-19-18-26-24-11-4-6-14-30(24)38(35(26)36(27)39)22-9-2-1-3-10-22/h1-21H. The highest BCUT2D eigenvalue weighted by Crippen LogP contribution is 2.43. The van der Waals surface area contributed by atoms with Crippen LogP contribution in [0.25, 0.3) is 75.2 Å². The second-order valence-electron chi connectivity index (χ2n) is 10.3. The molecule has 0 aliphatic carbocycles. The summed E-state index contributed by atoms with van der Waals surface area (Å²) >= 11 is 5.69. The third-order valence-corrected chi connectivity index (χ3v) is 9.97. The van der Waals surface area contributed by atoms with E-state index >= 15 is 0 Å². The Morgan fingerprint density at radius 1 is 0.450 bits per heavy atom. The van der Waals surface area contributed by atoms with Crippen LogP contribution in [0.5, 0.6) is 0 Å². The Morgan fingerprint density at radius 2 is 1.07 bits per heavy atom. The van der Waals surface area contributed by atoms with Gasteiger partial charge < -0.3 is 9.13 Å². The van der Waals surface area contributed by atoms with Crippen LogP contribution in [0.4, 0.5) is 0 Å². The summed E-state index contributed by atoms with van der Waals surface area (Å²) in [7, 11) is 0. The van der Waals surface area contributed by atoms with Gasteiger partial charge in [0.05, 0.1) is 22.1 Å². The van der Waals surface area contributed by atoms with E-state index in [0.29, 0.717) is 0 Å². The van der Waals surface area contributed by atoms with E-state index < -0.39 is 0 Å². The van der Waals surface area contributed by atoms with Gasteiger partial charge in [-0.25, -0.2) is 0 Å². The molecule has 9 aromatic rings. The zero-order chi connectivity index (χ0) is 26.4. The molecule has 0 fully saturated rings. The summed E-state index contributed by atoms with van der Waals surface area (Å²) < 4.78 is 8.66. The summed E-state index contributed by atoms with van der Waals surface area (Å²) in [4.78, 5) is 0. The fourth-order valence-electron chi connectivity index (χ4n) is 6.52. The number of thiophene rings is 1. The molecule has 0 saturated carbocycles. The van der Waals surface area contributed by atoms with Gasteiger partial charge in [-0.05, 0) is 54.6 Å². The third kappa shape index (κ3) is 2.98. The van der Waals surface area contributed by atoms with Gasteiger partial charge in [-0.2, -0.15) is 0 Å². The number of halogens is 1. The minimum absolute atomic E-state index is 1.14. The van der Waals surface area contributed by atoms with Gasteiger partial charge in [-0.3, -0.25) is 0 Å². The number of hydrogen-bond donors (Lipinski definition) is 0. The molecule has 3 heterocycles. The third-order valence-electron chi connectivity index (χ3n) is 8.17. The van der Waals surface area contributed by atoms with Crippen LogP contribution in [0.2, 0.25) is 0 Å². The maximum atomic E-state index is 3.83. The Bertz CT molecular complexity index is 2440. The zero-order valence-corrected chi connectivity index (χ0v) is 23.7. The number of para-hydroxylation sites is 3. The number of hydrogen-bond acceptors (Lipinski definition) is 1. The molecular weight excluding hydrogens is 572 g/mol. The SMILES string of the molecule is Brc1cccc2sc3ccc(-n4c5ccccc5c5ccc6c7ccccc7n(-c7ccccc7)c6c54)cc3c12. The van der Waals surface area contributed by atoms with E-state index in [1.54, 1.807) is 0 Å². The lowest BCUT2D eigenvalue weighted by atomic mass is 10.1. The van der Waals surface area contributed by atoms with Crippen LogP contribution in [-0.4, -0.2) is 9.13 Å². The molecule has 0 aliphatic rings. The highest BCUT2D eigenvalue weighted by Gasteiger charge is 2.21. The predicted octanol–water partition coefficient (Wildman–Crippen LogP) is 11.0. The van der Waals surface area contributed by atoms with Crippen molar-refractivity contribution in [2.24, 2.45) is 0 Å². The number of fused-ring (bicyclic) bond motifs is 10. The molecule has 0 atom stereocenters. The Morgan fingerprint density at radius 3 is 1.77 bits per heavy atom. The molecule has 0 saturated heterocycles. The lowest BCUT2D eigenvalue weighted by Gasteiger charge is -2.13. The molecule has 188 valence electrons. The largest absolute Gasteiger partial charge is 0.307 e. The topological polar surface area (TPSA) is 9.86 Å². The zero-order valence-electron chi connectivity index (χ0n) is 21.3. The second-order valence-corrected chi connectivity index (χ2v) is 12.2. The minimum Gasteiger partial charge on any atom is -0.307 e. The van der Waals surface area contributed by atoms with Gasteiger partial charge in [0, 0.05) is 57.6 Å². The van der Waals surface area contributed by atoms with Crippen LogP contribution in [0, 0.1) is 0 Å². The predicted molar refractivity (Wildman–Crippen MR) is 176 cm³/mol. The molecule has 0 N–H and O–H groups in total. The molecule has 6 aromatic carbocycles. The number of aromatic nitrogens is 2. The van der Waals surface area contributed by atoms with E-state index in [0.717, 1.165) is 4.47 Å². The van der Waals surface area contributed by atoms with Gasteiger partial charge in [0.25, 0.3) is 0 Å². The lowest BCUT2D eigenvalue weighted by Crippen LogP contribution is -1.98. The van der Waals surface area contributed by atoms with E-state index in [2.05, 4.69) is 152 Å². The molecule has 0 radical (unpaired) electrons. The van der Waals surface area contributed by atoms with E-state index in [1.165, 1.54) is 75.2 Å². The highest BCUT2D eigenvalue weighted by molar-refractivity contribution is 9.10. The molecule has 40 heavy (non-hydrogen) atoms. The molecule has 3 aromatic heterocycles. The van der Waals surface area contributed by atoms with Gasteiger partial charge in [0.15, 0.2) is 0 Å². The number of nitrogens with zero attached hydrogens (tertiary/aromatic N) is 2. The van der Waals surface area contributed by atoms with E-state index in [9.17, 15) is 0 Å². The quantitative estimate of drug-likeness (QED) is 0.189. The van der Waals surface area contributed by atoms with Crippen LogP contribution in [0.3, 0.4) is 0 Å². The Labute approximate surface area is 242 Å². The molecular formula is C36H21BrN2S. The molecule has 0 aliphatic heterocycles. The first kappa shape index (κ1) is 22.4. The Kier molecular flexibility index (Phi) is 4.66. The maximum absolute atomic E-state index is 3.83. The van der Waals surface area contributed by atoms with Gasteiger partial charge >= 0.3 is 0 Å². The first-order valence-corrected chi connectivity index (χ1v) is 15.0. The number of benzene rings is 6. The van der Waals surface area contributed by atoms with Crippen molar-refractivity contribution in [3.63, 3.8) is 0 Å². The molecule has 0 amide bonds.